The van der Waals surface area contributed by atoms with E-state index >= 15 is 0 Å². The maximum Gasteiger partial charge on any atom is 0.241 e. The van der Waals surface area contributed by atoms with Crippen LogP contribution in [0.25, 0.3) is 0 Å². The van der Waals surface area contributed by atoms with Gasteiger partial charge in [0.1, 0.15) is 4.75 Å². The minimum atomic E-state index is -3.62. The smallest absolute Gasteiger partial charge is 0.211 e. The first-order valence-corrected chi connectivity index (χ1v) is 7.52. The van der Waals surface area contributed by atoms with Crippen LogP contribution in [0.4, 0.5) is 0 Å². The lowest BCUT2D eigenvalue weighted by molar-refractivity contribution is 0.570. The molecule has 1 aromatic rings. The van der Waals surface area contributed by atoms with Gasteiger partial charge in [-0.2, -0.15) is 0 Å². The Morgan fingerprint density at radius 2 is 1.56 bits per heavy atom. The van der Waals surface area contributed by atoms with E-state index in [1.54, 1.807) is 13.8 Å². The Morgan fingerprint density at radius 3 is 1.88 bits per heavy atom. The predicted molar refractivity (Wildman–Crippen MR) is 68.3 cm³/mol. The first-order chi connectivity index (χ1) is 7.16. The van der Waals surface area contributed by atoms with Gasteiger partial charge in [0.2, 0.25) is 9.05 Å². The molecule has 0 aliphatic carbocycles. The Bertz CT molecular complexity index is 458. The van der Waals surface area contributed by atoms with Crippen molar-refractivity contribution in [2.24, 2.45) is 0 Å². The number of hydrogen-bond acceptors (Lipinski definition) is 2. The Labute approximate surface area is 102 Å². The molecule has 0 spiro atoms. The van der Waals surface area contributed by atoms with Gasteiger partial charge in [0.05, 0.1) is 0 Å². The van der Waals surface area contributed by atoms with E-state index in [-0.39, 0.29) is 0 Å². The highest BCUT2D eigenvalue weighted by molar-refractivity contribution is 8.14. The van der Waals surface area contributed by atoms with Crippen LogP contribution in [0.2, 0.25) is 0 Å². The lowest BCUT2D eigenvalue weighted by Crippen LogP contribution is -2.24. The van der Waals surface area contributed by atoms with Crippen LogP contribution in [0.5, 0.6) is 0 Å². The summed E-state index contributed by atoms with van der Waals surface area (Å²) in [6, 6.07) is 7.55. The minimum absolute atomic E-state index is 0.435. The van der Waals surface area contributed by atoms with Gasteiger partial charge in [-0.25, -0.2) is 8.42 Å². The van der Waals surface area contributed by atoms with Crippen LogP contribution in [0.3, 0.4) is 0 Å². The summed E-state index contributed by atoms with van der Waals surface area (Å²) in [6.07, 6.45) is 0. The van der Waals surface area contributed by atoms with Crippen molar-refractivity contribution < 1.29 is 8.42 Å². The van der Waals surface area contributed by atoms with Gasteiger partial charge in [-0.15, -0.1) is 0 Å². The fourth-order valence-corrected chi connectivity index (χ4v) is 2.10. The lowest BCUT2D eigenvalue weighted by atomic mass is 9.97. The highest BCUT2D eigenvalue weighted by Gasteiger charge is 2.34. The quantitative estimate of drug-likeness (QED) is 0.778. The molecule has 90 valence electrons. The lowest BCUT2D eigenvalue weighted by Gasteiger charge is -2.21. The zero-order valence-corrected chi connectivity index (χ0v) is 11.6. The molecule has 0 saturated heterocycles. The third-order valence-corrected chi connectivity index (χ3v) is 5.49. The third-order valence-electron chi connectivity index (χ3n) is 2.88. The molecule has 0 aliphatic heterocycles. The second-order valence-corrected chi connectivity index (χ2v) is 7.84. The van der Waals surface area contributed by atoms with Crippen LogP contribution in [0, 0.1) is 0 Å². The fourth-order valence-electron chi connectivity index (χ4n) is 1.41. The topological polar surface area (TPSA) is 34.1 Å². The minimum Gasteiger partial charge on any atom is -0.211 e. The molecular formula is C12H17ClO2S. The first-order valence-electron chi connectivity index (χ1n) is 5.21. The number of hydrogen-bond donors (Lipinski definition) is 0. The van der Waals surface area contributed by atoms with Crippen molar-refractivity contribution in [2.75, 3.05) is 0 Å². The van der Waals surface area contributed by atoms with Gasteiger partial charge in [0.15, 0.2) is 0 Å². The molecule has 1 rings (SSSR count). The summed E-state index contributed by atoms with van der Waals surface area (Å²) in [7, 11) is 1.82. The molecular weight excluding hydrogens is 244 g/mol. The summed E-state index contributed by atoms with van der Waals surface area (Å²) in [5, 5.41) is 0. The standard InChI is InChI=1S/C12H17ClO2S/c1-9(2)10-5-7-11(8-6-10)12(3,4)16(13,14)15/h5-9H,1-4H3. The van der Waals surface area contributed by atoms with E-state index < -0.39 is 13.8 Å². The molecule has 4 heteroatoms. The van der Waals surface area contributed by atoms with Crippen molar-refractivity contribution in [3.8, 4) is 0 Å². The summed E-state index contributed by atoms with van der Waals surface area (Å²) >= 11 is 0. The molecule has 0 atom stereocenters. The summed E-state index contributed by atoms with van der Waals surface area (Å²) in [6.45, 7) is 7.41. The molecule has 0 aliphatic rings. The van der Waals surface area contributed by atoms with E-state index in [0.717, 1.165) is 0 Å². The van der Waals surface area contributed by atoms with Crippen LogP contribution in [-0.2, 0) is 13.8 Å². The summed E-state index contributed by atoms with van der Waals surface area (Å²) in [5.41, 5.74) is 1.90. The average molecular weight is 261 g/mol. The van der Waals surface area contributed by atoms with Gasteiger partial charge in [0, 0.05) is 10.7 Å². The first kappa shape index (κ1) is 13.5. The second-order valence-electron chi connectivity index (χ2n) is 4.72. The normalized spacial score (nSPS) is 13.1. The van der Waals surface area contributed by atoms with Gasteiger partial charge < -0.3 is 0 Å². The van der Waals surface area contributed by atoms with E-state index in [2.05, 4.69) is 13.8 Å². The predicted octanol–water partition coefficient (Wildman–Crippen LogP) is 3.61. The van der Waals surface area contributed by atoms with Crippen molar-refractivity contribution in [1.29, 1.82) is 0 Å². The van der Waals surface area contributed by atoms with E-state index in [0.29, 0.717) is 11.5 Å². The van der Waals surface area contributed by atoms with Crippen LogP contribution in [0.15, 0.2) is 24.3 Å². The number of rotatable bonds is 3. The molecule has 0 bridgehead atoms. The van der Waals surface area contributed by atoms with E-state index in [9.17, 15) is 8.42 Å². The molecule has 0 N–H and O–H groups in total. The fraction of sp³-hybridized carbons (Fsp3) is 0.500. The van der Waals surface area contributed by atoms with E-state index in [4.69, 9.17) is 10.7 Å². The molecule has 1 aromatic carbocycles. The summed E-state index contributed by atoms with van der Waals surface area (Å²) in [4.78, 5) is 0. The molecule has 0 radical (unpaired) electrons. The molecule has 0 heterocycles. The van der Waals surface area contributed by atoms with Gasteiger partial charge in [-0.3, -0.25) is 0 Å². The van der Waals surface area contributed by atoms with Gasteiger partial charge >= 0.3 is 0 Å². The van der Waals surface area contributed by atoms with Crippen molar-refractivity contribution in [3.05, 3.63) is 35.4 Å². The van der Waals surface area contributed by atoms with Crippen LogP contribution in [-0.4, -0.2) is 8.42 Å². The number of benzene rings is 1. The molecule has 16 heavy (non-hydrogen) atoms. The Morgan fingerprint density at radius 1 is 1.12 bits per heavy atom. The van der Waals surface area contributed by atoms with Crippen molar-refractivity contribution in [1.82, 2.24) is 0 Å². The van der Waals surface area contributed by atoms with Crippen LogP contribution < -0.4 is 0 Å². The van der Waals surface area contributed by atoms with Crippen molar-refractivity contribution in [2.45, 2.75) is 38.4 Å². The molecule has 0 aromatic heterocycles. The second kappa shape index (κ2) is 4.38. The van der Waals surface area contributed by atoms with Gasteiger partial charge in [0.25, 0.3) is 0 Å². The third kappa shape index (κ3) is 2.58. The average Bonchev–Trinajstić information content (AvgIpc) is 2.16. The Kier molecular flexibility index (Phi) is 3.70. The van der Waals surface area contributed by atoms with Crippen LogP contribution >= 0.6 is 10.7 Å². The molecule has 0 unspecified atom stereocenters. The molecule has 2 nitrogen and oxygen atoms in total. The highest BCUT2D eigenvalue weighted by Crippen LogP contribution is 2.33. The largest absolute Gasteiger partial charge is 0.241 e. The Balaban J connectivity index is 3.17. The monoisotopic (exact) mass is 260 g/mol. The zero-order chi connectivity index (χ0) is 12.6. The molecule has 0 saturated carbocycles. The number of halogens is 1. The summed E-state index contributed by atoms with van der Waals surface area (Å²) < 4.78 is 21.8. The highest BCUT2D eigenvalue weighted by atomic mass is 35.7. The van der Waals surface area contributed by atoms with Gasteiger partial charge in [-0.1, -0.05) is 38.1 Å². The van der Waals surface area contributed by atoms with Crippen LogP contribution in [0.1, 0.15) is 44.7 Å². The maximum atomic E-state index is 11.4. The Hall–Kier alpha value is -0.540. The molecule has 0 fully saturated rings. The zero-order valence-electron chi connectivity index (χ0n) is 9.99. The van der Waals surface area contributed by atoms with Crippen molar-refractivity contribution in [3.63, 3.8) is 0 Å². The molecule has 0 amide bonds. The SMILES string of the molecule is CC(C)c1ccc(C(C)(C)S(=O)(=O)Cl)cc1. The van der Waals surface area contributed by atoms with Crippen molar-refractivity contribution >= 4 is 19.7 Å². The summed E-state index contributed by atoms with van der Waals surface area (Å²) in [5.74, 6) is 0.435. The maximum absolute atomic E-state index is 11.4. The van der Waals surface area contributed by atoms with E-state index in [1.165, 1.54) is 5.56 Å². The van der Waals surface area contributed by atoms with E-state index in [1.807, 2.05) is 24.3 Å². The van der Waals surface area contributed by atoms with Gasteiger partial charge in [-0.05, 0) is 30.9 Å².